The van der Waals surface area contributed by atoms with E-state index in [4.69, 9.17) is 22.1 Å². The van der Waals surface area contributed by atoms with Crippen molar-refractivity contribution < 1.29 is 14.6 Å². The van der Waals surface area contributed by atoms with Crippen LogP contribution in [0.2, 0.25) is 5.02 Å². The molecule has 1 aliphatic carbocycles. The summed E-state index contributed by atoms with van der Waals surface area (Å²) in [5, 5.41) is 15.1. The number of rotatable bonds is 5. The second-order valence-electron chi connectivity index (χ2n) is 8.15. The van der Waals surface area contributed by atoms with Crippen molar-refractivity contribution in [3.8, 4) is 22.6 Å². The molecule has 1 saturated carbocycles. The molecule has 0 radical (unpaired) electrons. The van der Waals surface area contributed by atoms with Gasteiger partial charge in [0.15, 0.2) is 11.5 Å². The summed E-state index contributed by atoms with van der Waals surface area (Å²) in [4.78, 5) is 26.2. The number of aromatic nitrogens is 5. The number of benzene rings is 1. The Morgan fingerprint density at radius 2 is 2.09 bits per heavy atom. The van der Waals surface area contributed by atoms with Gasteiger partial charge in [0.1, 0.15) is 11.4 Å². The van der Waals surface area contributed by atoms with Gasteiger partial charge in [-0.1, -0.05) is 17.7 Å². The highest BCUT2D eigenvalue weighted by molar-refractivity contribution is 6.35. The number of carbonyl (C=O) groups excluding carboxylic acids is 1. The lowest BCUT2D eigenvalue weighted by molar-refractivity contribution is -0.00416. The number of halogens is 1. The highest BCUT2D eigenvalue weighted by Crippen LogP contribution is 2.34. The van der Waals surface area contributed by atoms with Gasteiger partial charge in [-0.3, -0.25) is 9.67 Å². The third kappa shape index (κ3) is 4.12. The number of aliphatic hydroxyl groups is 1. The predicted molar refractivity (Wildman–Crippen MR) is 123 cm³/mol. The number of ether oxygens (including phenoxy) is 1. The van der Waals surface area contributed by atoms with Gasteiger partial charge in [-0.15, -0.1) is 0 Å². The maximum atomic E-state index is 12.8. The van der Waals surface area contributed by atoms with Crippen LogP contribution in [0.1, 0.15) is 23.3 Å². The van der Waals surface area contributed by atoms with E-state index in [1.807, 2.05) is 18.2 Å². The summed E-state index contributed by atoms with van der Waals surface area (Å²) in [7, 11) is 1.79. The largest absolute Gasteiger partial charge is 0.461 e. The third-order valence-electron chi connectivity index (χ3n) is 5.67. The van der Waals surface area contributed by atoms with Crippen LogP contribution in [0.25, 0.3) is 33.5 Å². The molecule has 3 heterocycles. The lowest BCUT2D eigenvalue weighted by atomic mass is 9.83. The van der Waals surface area contributed by atoms with Gasteiger partial charge in [0.2, 0.25) is 0 Å². The number of nitrogens with zero attached hydrogens (tertiary/aromatic N) is 5. The average molecular weight is 465 g/mol. The number of pyridine rings is 1. The zero-order valence-corrected chi connectivity index (χ0v) is 18.5. The molecule has 1 aromatic carbocycles. The fourth-order valence-electron chi connectivity index (χ4n) is 3.90. The number of esters is 1. The zero-order chi connectivity index (χ0) is 23.1. The number of carbonyl (C=O) groups is 1. The molecule has 5 rings (SSSR count). The minimum Gasteiger partial charge on any atom is -0.461 e. The van der Waals surface area contributed by atoms with E-state index >= 15 is 0 Å². The van der Waals surface area contributed by atoms with Crippen molar-refractivity contribution in [1.82, 2.24) is 24.7 Å². The van der Waals surface area contributed by atoms with Gasteiger partial charge in [-0.2, -0.15) is 5.10 Å². The van der Waals surface area contributed by atoms with Crippen LogP contribution >= 0.6 is 11.6 Å². The normalized spacial score (nSPS) is 17.7. The minimum atomic E-state index is -0.663. The molecule has 0 unspecified atom stereocenters. The van der Waals surface area contributed by atoms with Crippen LogP contribution < -0.4 is 5.73 Å². The quantitative estimate of drug-likeness (QED) is 0.430. The molecule has 0 aliphatic heterocycles. The van der Waals surface area contributed by atoms with Crippen molar-refractivity contribution in [3.05, 3.63) is 53.4 Å². The summed E-state index contributed by atoms with van der Waals surface area (Å²) in [5.74, 6) is -0.576. The number of anilines is 1. The fraction of sp³-hybridized carbons (Fsp3) is 0.261. The Bertz CT molecular complexity index is 1370. The summed E-state index contributed by atoms with van der Waals surface area (Å²) in [6.07, 6.45) is 4.36. The Morgan fingerprint density at radius 3 is 2.82 bits per heavy atom. The first kappa shape index (κ1) is 21.3. The molecule has 33 heavy (non-hydrogen) atoms. The van der Waals surface area contributed by atoms with E-state index in [0.29, 0.717) is 46.0 Å². The van der Waals surface area contributed by atoms with Crippen molar-refractivity contribution in [2.24, 2.45) is 13.0 Å². The molecule has 0 spiro atoms. The van der Waals surface area contributed by atoms with E-state index in [1.165, 1.54) is 0 Å². The van der Waals surface area contributed by atoms with E-state index in [2.05, 4.69) is 20.1 Å². The number of nitrogen functional groups attached to an aromatic ring is 1. The van der Waals surface area contributed by atoms with Crippen molar-refractivity contribution in [3.63, 3.8) is 0 Å². The zero-order valence-electron chi connectivity index (χ0n) is 17.8. The molecule has 1 fully saturated rings. The summed E-state index contributed by atoms with van der Waals surface area (Å²) in [5.41, 5.74) is 8.73. The van der Waals surface area contributed by atoms with Crippen LogP contribution in [0.15, 0.2) is 42.7 Å². The van der Waals surface area contributed by atoms with Gasteiger partial charge in [0, 0.05) is 30.4 Å². The van der Waals surface area contributed by atoms with E-state index < -0.39 is 5.97 Å². The number of nitrogens with two attached hydrogens (primary N) is 1. The first-order valence-electron chi connectivity index (χ1n) is 10.5. The smallest absolute Gasteiger partial charge is 0.360 e. The van der Waals surface area contributed by atoms with Gasteiger partial charge in [-0.05, 0) is 43.0 Å². The Kier molecular flexibility index (Phi) is 5.43. The topological polar surface area (TPSA) is 129 Å². The number of hydrogen-bond acceptors (Lipinski definition) is 8. The second-order valence-corrected chi connectivity index (χ2v) is 8.56. The summed E-state index contributed by atoms with van der Waals surface area (Å²) >= 11 is 6.50. The lowest BCUT2D eigenvalue weighted by Gasteiger charge is -2.30. The molecule has 3 N–H and O–H groups in total. The van der Waals surface area contributed by atoms with Gasteiger partial charge < -0.3 is 15.6 Å². The number of aliphatic hydroxyl groups excluding tert-OH is 1. The van der Waals surface area contributed by atoms with E-state index in [0.717, 1.165) is 5.39 Å². The molecule has 3 aromatic heterocycles. The molecule has 1 aliphatic rings. The standard InChI is InChI=1S/C23H21ClN6O3/c1-30-6-4-17(29-30)20-19(14-9-13-3-2-5-26-18(13)16(24)10-14)27-21(22(25)28-20)23(32)33-11-12-7-15(31)8-12/h2-6,9-10,12,15,31H,7-8,11H2,1H3,(H2,25,28). The van der Waals surface area contributed by atoms with Crippen LogP contribution in [0.4, 0.5) is 5.82 Å². The Morgan fingerprint density at radius 1 is 1.27 bits per heavy atom. The molecule has 4 aromatic rings. The summed E-state index contributed by atoms with van der Waals surface area (Å²) < 4.78 is 7.05. The number of fused-ring (bicyclic) bond motifs is 1. The van der Waals surface area contributed by atoms with Gasteiger partial charge in [0.25, 0.3) is 0 Å². The highest BCUT2D eigenvalue weighted by Gasteiger charge is 2.29. The van der Waals surface area contributed by atoms with E-state index in [-0.39, 0.29) is 30.1 Å². The van der Waals surface area contributed by atoms with Crippen molar-refractivity contribution >= 4 is 34.3 Å². The Labute approximate surface area is 194 Å². The van der Waals surface area contributed by atoms with Gasteiger partial charge in [-0.25, -0.2) is 14.8 Å². The number of aryl methyl sites for hydroxylation is 1. The molecule has 10 heteroatoms. The molecule has 0 atom stereocenters. The maximum Gasteiger partial charge on any atom is 0.360 e. The van der Waals surface area contributed by atoms with Crippen LogP contribution in [-0.4, -0.2) is 48.5 Å². The SMILES string of the molecule is Cn1ccc(-c2nc(N)c(C(=O)OCC3CC(O)C3)nc2-c2cc(Cl)c3ncccc3c2)n1. The number of hydrogen-bond donors (Lipinski definition) is 2. The van der Waals surface area contributed by atoms with Crippen LogP contribution in [0.3, 0.4) is 0 Å². The minimum absolute atomic E-state index is 0.0494. The van der Waals surface area contributed by atoms with E-state index in [9.17, 15) is 9.90 Å². The molecular weight excluding hydrogens is 444 g/mol. The summed E-state index contributed by atoms with van der Waals surface area (Å²) in [6.45, 7) is 0.196. The second kappa shape index (κ2) is 8.42. The Hall–Kier alpha value is -3.56. The molecule has 168 valence electrons. The first-order valence-corrected chi connectivity index (χ1v) is 10.8. The van der Waals surface area contributed by atoms with Gasteiger partial charge in [0.05, 0.1) is 28.9 Å². The molecule has 0 saturated heterocycles. The lowest BCUT2D eigenvalue weighted by Crippen LogP contribution is -2.32. The fourth-order valence-corrected chi connectivity index (χ4v) is 4.18. The molecule has 0 bridgehead atoms. The third-order valence-corrected chi connectivity index (χ3v) is 5.95. The van der Waals surface area contributed by atoms with E-state index in [1.54, 1.807) is 36.3 Å². The first-order chi connectivity index (χ1) is 15.9. The predicted octanol–water partition coefficient (Wildman–Crippen LogP) is 3.26. The van der Waals surface area contributed by atoms with Crippen molar-refractivity contribution in [2.75, 3.05) is 12.3 Å². The van der Waals surface area contributed by atoms with Crippen molar-refractivity contribution in [1.29, 1.82) is 0 Å². The summed E-state index contributed by atoms with van der Waals surface area (Å²) in [6, 6.07) is 9.11. The molecular formula is C23H21ClN6O3. The monoisotopic (exact) mass is 464 g/mol. The van der Waals surface area contributed by atoms with Crippen LogP contribution in [-0.2, 0) is 11.8 Å². The molecule has 9 nitrogen and oxygen atoms in total. The average Bonchev–Trinajstić information content (AvgIpc) is 3.21. The van der Waals surface area contributed by atoms with Crippen molar-refractivity contribution in [2.45, 2.75) is 18.9 Å². The maximum absolute atomic E-state index is 12.8. The van der Waals surface area contributed by atoms with Crippen LogP contribution in [0.5, 0.6) is 0 Å². The molecule has 0 amide bonds. The van der Waals surface area contributed by atoms with Gasteiger partial charge >= 0.3 is 5.97 Å². The Balaban J connectivity index is 1.59. The van der Waals surface area contributed by atoms with Crippen LogP contribution in [0, 0.1) is 5.92 Å². The highest BCUT2D eigenvalue weighted by atomic mass is 35.5.